The van der Waals surface area contributed by atoms with Crippen molar-refractivity contribution in [3.8, 4) is 5.75 Å². The zero-order valence-corrected chi connectivity index (χ0v) is 11.8. The molecule has 1 aromatic carbocycles. The molecule has 0 unspecified atom stereocenters. The lowest BCUT2D eigenvalue weighted by Gasteiger charge is -2.06. The number of methoxy groups -OCH3 is 2. The summed E-state index contributed by atoms with van der Waals surface area (Å²) in [6.45, 7) is -3.33. The molecule has 1 aromatic rings. The molecular formula is C13H14F2N2O5. The fourth-order valence-corrected chi connectivity index (χ4v) is 1.36. The van der Waals surface area contributed by atoms with Crippen LogP contribution in [0.2, 0.25) is 0 Å². The molecule has 120 valence electrons. The highest BCUT2D eigenvalue weighted by molar-refractivity contribution is 5.88. The number of esters is 1. The number of carbonyl (C=O) groups is 1. The number of para-hydroxylation sites is 1. The first-order chi connectivity index (χ1) is 10.5. The molecular weight excluding hydrogens is 302 g/mol. The Morgan fingerprint density at radius 2 is 2.00 bits per heavy atom. The van der Waals surface area contributed by atoms with Gasteiger partial charge in [0.15, 0.2) is 11.5 Å². The Morgan fingerprint density at radius 3 is 2.59 bits per heavy atom. The Hall–Kier alpha value is -2.55. The summed E-state index contributed by atoms with van der Waals surface area (Å²) in [6.07, 6.45) is 0. The number of ether oxygens (including phenoxy) is 3. The lowest BCUT2D eigenvalue weighted by molar-refractivity contribution is -0.136. The summed E-state index contributed by atoms with van der Waals surface area (Å²) in [5.41, 5.74) is -0.550. The molecule has 0 saturated carbocycles. The lowest BCUT2D eigenvalue weighted by atomic mass is 10.3. The molecule has 0 bridgehead atoms. The highest BCUT2D eigenvalue weighted by Crippen LogP contribution is 2.29. The van der Waals surface area contributed by atoms with Gasteiger partial charge in [0.2, 0.25) is 5.70 Å². The maximum atomic E-state index is 12.3. The van der Waals surface area contributed by atoms with E-state index < -0.39 is 24.0 Å². The number of halogens is 2. The van der Waals surface area contributed by atoms with Gasteiger partial charge < -0.3 is 19.3 Å². The van der Waals surface area contributed by atoms with Gasteiger partial charge in [0.05, 0.1) is 7.11 Å². The number of aliphatic hydroxyl groups excluding tert-OH is 1. The maximum absolute atomic E-state index is 12.3. The molecule has 0 aliphatic rings. The highest BCUT2D eigenvalue weighted by Gasteiger charge is 2.16. The molecule has 0 aromatic heterocycles. The molecule has 1 N–H and O–H groups in total. The Morgan fingerprint density at radius 1 is 1.32 bits per heavy atom. The van der Waals surface area contributed by atoms with Crippen LogP contribution in [0.1, 0.15) is 0 Å². The zero-order valence-electron chi connectivity index (χ0n) is 11.8. The number of nitrogens with zero attached hydrogens (tertiary/aromatic N) is 2. The number of azo groups is 1. The topological polar surface area (TPSA) is 89.7 Å². The van der Waals surface area contributed by atoms with Gasteiger partial charge in [0, 0.05) is 7.11 Å². The number of aliphatic hydroxyl groups is 1. The molecule has 0 saturated heterocycles. The van der Waals surface area contributed by atoms with E-state index in [1.54, 1.807) is 0 Å². The normalized spacial score (nSPS) is 12.4. The van der Waals surface area contributed by atoms with Crippen LogP contribution in [0.5, 0.6) is 5.75 Å². The molecule has 0 spiro atoms. The minimum absolute atomic E-state index is 0.0468. The van der Waals surface area contributed by atoms with Crippen LogP contribution in [0, 0.1) is 0 Å². The second-order valence-corrected chi connectivity index (χ2v) is 3.77. The summed E-state index contributed by atoms with van der Waals surface area (Å²) >= 11 is 0. The summed E-state index contributed by atoms with van der Waals surface area (Å²) in [5, 5.41) is 16.8. The molecule has 1 rings (SSSR count). The predicted molar refractivity (Wildman–Crippen MR) is 71.1 cm³/mol. The van der Waals surface area contributed by atoms with Crippen LogP contribution in [-0.4, -0.2) is 38.5 Å². The van der Waals surface area contributed by atoms with Gasteiger partial charge in [-0.2, -0.15) is 8.78 Å². The zero-order chi connectivity index (χ0) is 16.5. The minimum Gasteiger partial charge on any atom is -0.507 e. The van der Waals surface area contributed by atoms with Crippen molar-refractivity contribution >= 4 is 11.7 Å². The van der Waals surface area contributed by atoms with E-state index in [0.29, 0.717) is 0 Å². The smallest absolute Gasteiger partial charge is 0.387 e. The van der Waals surface area contributed by atoms with Crippen molar-refractivity contribution in [2.75, 3.05) is 20.8 Å². The van der Waals surface area contributed by atoms with Crippen LogP contribution in [0.15, 0.2) is 46.0 Å². The van der Waals surface area contributed by atoms with Crippen molar-refractivity contribution in [1.82, 2.24) is 0 Å². The summed E-state index contributed by atoms with van der Waals surface area (Å²) < 4.78 is 37.9. The van der Waals surface area contributed by atoms with E-state index >= 15 is 0 Å². The molecule has 7 nitrogen and oxygen atoms in total. The van der Waals surface area contributed by atoms with Crippen LogP contribution < -0.4 is 4.74 Å². The van der Waals surface area contributed by atoms with E-state index in [2.05, 4.69) is 24.4 Å². The molecule has 0 radical (unpaired) electrons. The van der Waals surface area contributed by atoms with Gasteiger partial charge in [0.25, 0.3) is 0 Å². The third kappa shape index (κ3) is 5.09. The number of carbonyl (C=O) groups excluding carboxylic acids is 1. The van der Waals surface area contributed by atoms with Crippen LogP contribution in [0.4, 0.5) is 14.5 Å². The van der Waals surface area contributed by atoms with Crippen molar-refractivity contribution in [2.24, 2.45) is 10.2 Å². The fraction of sp³-hybridized carbons (Fsp3) is 0.308. The van der Waals surface area contributed by atoms with Gasteiger partial charge in [0.1, 0.15) is 12.3 Å². The van der Waals surface area contributed by atoms with E-state index in [1.165, 1.54) is 31.4 Å². The average Bonchev–Trinajstić information content (AvgIpc) is 2.48. The van der Waals surface area contributed by atoms with Crippen LogP contribution >= 0.6 is 0 Å². The van der Waals surface area contributed by atoms with Crippen molar-refractivity contribution in [3.63, 3.8) is 0 Å². The Kier molecular flexibility index (Phi) is 6.90. The van der Waals surface area contributed by atoms with Gasteiger partial charge in [-0.15, -0.1) is 10.2 Å². The third-order valence-corrected chi connectivity index (χ3v) is 2.27. The molecule has 0 aliphatic heterocycles. The van der Waals surface area contributed by atoms with Crippen molar-refractivity contribution in [3.05, 3.63) is 35.7 Å². The molecule has 0 atom stereocenters. The van der Waals surface area contributed by atoms with Gasteiger partial charge in [-0.1, -0.05) is 12.1 Å². The quantitative estimate of drug-likeness (QED) is 0.361. The molecule has 0 heterocycles. The molecule has 0 fully saturated rings. The van der Waals surface area contributed by atoms with Gasteiger partial charge in [-0.05, 0) is 12.1 Å². The first-order valence-electron chi connectivity index (χ1n) is 5.94. The van der Waals surface area contributed by atoms with E-state index in [-0.39, 0.29) is 18.0 Å². The predicted octanol–water partition coefficient (Wildman–Crippen LogP) is 2.96. The van der Waals surface area contributed by atoms with Crippen LogP contribution in [0.25, 0.3) is 0 Å². The first kappa shape index (κ1) is 17.5. The molecule has 0 amide bonds. The van der Waals surface area contributed by atoms with Gasteiger partial charge in [-0.25, -0.2) is 4.79 Å². The third-order valence-electron chi connectivity index (χ3n) is 2.27. The van der Waals surface area contributed by atoms with Crippen molar-refractivity contribution in [1.29, 1.82) is 0 Å². The van der Waals surface area contributed by atoms with Crippen molar-refractivity contribution in [2.45, 2.75) is 6.61 Å². The average molecular weight is 316 g/mol. The number of benzene rings is 1. The summed E-state index contributed by atoms with van der Waals surface area (Å²) in [4.78, 5) is 11.5. The number of hydrogen-bond acceptors (Lipinski definition) is 7. The molecule has 9 heteroatoms. The van der Waals surface area contributed by atoms with E-state index in [4.69, 9.17) is 0 Å². The van der Waals surface area contributed by atoms with E-state index in [0.717, 1.165) is 7.11 Å². The standard InChI is InChI=1S/C13H14F2N2O5/c1-20-7-9(18)11(12(19)21-2)17-16-8-5-3-4-6-10(8)22-13(14)15/h3-6,13,18H,7H2,1-2H3/b11-9+,17-16?. The molecule has 22 heavy (non-hydrogen) atoms. The maximum Gasteiger partial charge on any atom is 0.387 e. The number of alkyl halides is 2. The SMILES string of the molecule is COC/C(O)=C(\N=Nc1ccccc1OC(F)F)C(=O)OC. The van der Waals surface area contributed by atoms with Crippen LogP contribution in [0.3, 0.4) is 0 Å². The lowest BCUT2D eigenvalue weighted by Crippen LogP contribution is -2.08. The summed E-state index contributed by atoms with van der Waals surface area (Å²) in [5.74, 6) is -1.69. The minimum atomic E-state index is -3.03. The first-order valence-corrected chi connectivity index (χ1v) is 5.94. The van der Waals surface area contributed by atoms with Gasteiger partial charge in [-0.3, -0.25) is 0 Å². The summed E-state index contributed by atoms with van der Waals surface area (Å²) in [6, 6.07) is 5.60. The second-order valence-electron chi connectivity index (χ2n) is 3.77. The second kappa shape index (κ2) is 8.67. The Labute approximate surface area is 124 Å². The molecule has 0 aliphatic carbocycles. The number of hydrogen-bond donors (Lipinski definition) is 1. The fourth-order valence-electron chi connectivity index (χ4n) is 1.36. The van der Waals surface area contributed by atoms with E-state index in [1.807, 2.05) is 0 Å². The number of rotatable bonds is 7. The van der Waals surface area contributed by atoms with E-state index in [9.17, 15) is 18.7 Å². The highest BCUT2D eigenvalue weighted by atomic mass is 19.3. The largest absolute Gasteiger partial charge is 0.507 e. The Bertz CT molecular complexity index is 575. The van der Waals surface area contributed by atoms with Gasteiger partial charge >= 0.3 is 12.6 Å². The van der Waals surface area contributed by atoms with Crippen LogP contribution in [-0.2, 0) is 14.3 Å². The van der Waals surface area contributed by atoms with Crippen molar-refractivity contribution < 1.29 is 32.9 Å². The summed E-state index contributed by atoms with van der Waals surface area (Å²) in [7, 11) is 2.39. The monoisotopic (exact) mass is 316 g/mol. The Balaban J connectivity index is 3.11.